The van der Waals surface area contributed by atoms with E-state index >= 15 is 0 Å². The molecule has 1 fully saturated rings. The maximum atomic E-state index is 11.2. The van der Waals surface area contributed by atoms with Gasteiger partial charge in [0.2, 0.25) is 6.29 Å². The van der Waals surface area contributed by atoms with E-state index in [4.69, 9.17) is 9.47 Å². The molecule has 1 aliphatic heterocycles. The fourth-order valence-electron chi connectivity index (χ4n) is 1.59. The number of unbranched alkanes of at least 4 members (excludes halogenated alkanes) is 4. The predicted molar refractivity (Wildman–Crippen MR) is 62.9 cm³/mol. The molecule has 1 rings (SSSR count). The molecule has 0 radical (unpaired) electrons. The minimum atomic E-state index is -0.349. The Morgan fingerprint density at radius 1 is 1.31 bits per heavy atom. The summed E-state index contributed by atoms with van der Waals surface area (Å²) in [5.41, 5.74) is 0.428. The summed E-state index contributed by atoms with van der Waals surface area (Å²) in [6.07, 6.45) is 7.08. The molecule has 1 heterocycles. The SMILES string of the molecule is C=C(C)C(=O)OC1OC1CCCCCCC. The molecule has 0 aromatic heterocycles. The molecule has 0 aromatic rings. The van der Waals surface area contributed by atoms with Crippen molar-refractivity contribution in [3.8, 4) is 0 Å². The summed E-state index contributed by atoms with van der Waals surface area (Å²) in [5, 5.41) is 0. The van der Waals surface area contributed by atoms with Gasteiger partial charge in [-0.05, 0) is 13.3 Å². The van der Waals surface area contributed by atoms with Crippen molar-refractivity contribution in [2.45, 2.75) is 64.8 Å². The Bertz CT molecular complexity index is 248. The van der Waals surface area contributed by atoms with E-state index in [2.05, 4.69) is 13.5 Å². The van der Waals surface area contributed by atoms with Crippen LogP contribution < -0.4 is 0 Å². The van der Waals surface area contributed by atoms with Crippen molar-refractivity contribution in [2.75, 3.05) is 0 Å². The highest BCUT2D eigenvalue weighted by atomic mass is 16.8. The first kappa shape index (κ1) is 13.2. The second kappa shape index (κ2) is 6.69. The molecule has 0 amide bonds. The lowest BCUT2D eigenvalue weighted by Gasteiger charge is -2.00. The van der Waals surface area contributed by atoms with Crippen molar-refractivity contribution in [1.82, 2.24) is 0 Å². The molecular weight excluding hydrogens is 204 g/mol. The predicted octanol–water partition coefficient (Wildman–Crippen LogP) is 3.19. The molecule has 3 heteroatoms. The van der Waals surface area contributed by atoms with Gasteiger partial charge in [-0.2, -0.15) is 0 Å². The number of carbonyl (C=O) groups is 1. The van der Waals surface area contributed by atoms with E-state index in [0.29, 0.717) is 5.57 Å². The summed E-state index contributed by atoms with van der Waals surface area (Å²) in [4.78, 5) is 11.2. The van der Waals surface area contributed by atoms with E-state index in [0.717, 1.165) is 12.8 Å². The zero-order chi connectivity index (χ0) is 12.0. The van der Waals surface area contributed by atoms with Gasteiger partial charge < -0.3 is 9.47 Å². The lowest BCUT2D eigenvalue weighted by molar-refractivity contribution is -0.143. The maximum Gasteiger partial charge on any atom is 0.335 e. The van der Waals surface area contributed by atoms with Crippen LogP contribution in [-0.4, -0.2) is 18.4 Å². The Morgan fingerprint density at radius 3 is 2.62 bits per heavy atom. The van der Waals surface area contributed by atoms with E-state index in [1.165, 1.54) is 25.7 Å². The largest absolute Gasteiger partial charge is 0.429 e. The van der Waals surface area contributed by atoms with Gasteiger partial charge in [0.15, 0.2) is 0 Å². The zero-order valence-electron chi connectivity index (χ0n) is 10.3. The summed E-state index contributed by atoms with van der Waals surface area (Å²) < 4.78 is 10.3. The first-order chi connectivity index (χ1) is 7.65. The van der Waals surface area contributed by atoms with Crippen LogP contribution in [-0.2, 0) is 14.3 Å². The molecule has 16 heavy (non-hydrogen) atoms. The van der Waals surface area contributed by atoms with Crippen molar-refractivity contribution >= 4 is 5.97 Å². The third-order valence-electron chi connectivity index (χ3n) is 2.70. The Labute approximate surface area is 97.8 Å². The van der Waals surface area contributed by atoms with Crippen LogP contribution in [0.3, 0.4) is 0 Å². The Morgan fingerprint density at radius 2 is 2.00 bits per heavy atom. The van der Waals surface area contributed by atoms with Gasteiger partial charge in [0, 0.05) is 5.57 Å². The fraction of sp³-hybridized carbons (Fsp3) is 0.769. The lowest BCUT2D eigenvalue weighted by atomic mass is 10.1. The summed E-state index contributed by atoms with van der Waals surface area (Å²) in [5.74, 6) is -0.349. The van der Waals surface area contributed by atoms with Gasteiger partial charge in [-0.1, -0.05) is 45.6 Å². The Hall–Kier alpha value is -0.830. The number of carbonyl (C=O) groups excluding carboxylic acids is 1. The summed E-state index contributed by atoms with van der Waals surface area (Å²) in [6, 6.07) is 0. The molecule has 0 saturated carbocycles. The topological polar surface area (TPSA) is 38.8 Å². The second-order valence-corrected chi connectivity index (χ2v) is 4.43. The molecule has 2 atom stereocenters. The smallest absolute Gasteiger partial charge is 0.335 e. The van der Waals surface area contributed by atoms with E-state index in [9.17, 15) is 4.79 Å². The van der Waals surface area contributed by atoms with Crippen LogP contribution in [0, 0.1) is 0 Å². The summed E-state index contributed by atoms with van der Waals surface area (Å²) in [7, 11) is 0. The van der Waals surface area contributed by atoms with Crippen LogP contribution in [0.15, 0.2) is 12.2 Å². The van der Waals surface area contributed by atoms with Crippen LogP contribution >= 0.6 is 0 Å². The van der Waals surface area contributed by atoms with Crippen LogP contribution in [0.4, 0.5) is 0 Å². The average Bonchev–Trinajstić information content (AvgIpc) is 2.96. The van der Waals surface area contributed by atoms with Gasteiger partial charge in [0.1, 0.15) is 6.10 Å². The molecule has 2 unspecified atom stereocenters. The maximum absolute atomic E-state index is 11.2. The van der Waals surface area contributed by atoms with E-state index in [-0.39, 0.29) is 18.4 Å². The molecule has 1 aliphatic rings. The minimum Gasteiger partial charge on any atom is -0.429 e. The number of rotatable bonds is 8. The van der Waals surface area contributed by atoms with Gasteiger partial charge in [0.05, 0.1) is 0 Å². The molecule has 0 N–H and O–H groups in total. The summed E-state index contributed by atoms with van der Waals surface area (Å²) >= 11 is 0. The van der Waals surface area contributed by atoms with Crippen molar-refractivity contribution in [3.05, 3.63) is 12.2 Å². The lowest BCUT2D eigenvalue weighted by Crippen LogP contribution is -2.09. The van der Waals surface area contributed by atoms with Crippen LogP contribution in [0.1, 0.15) is 52.4 Å². The highest BCUT2D eigenvalue weighted by Crippen LogP contribution is 2.29. The monoisotopic (exact) mass is 226 g/mol. The van der Waals surface area contributed by atoms with Crippen molar-refractivity contribution < 1.29 is 14.3 Å². The zero-order valence-corrected chi connectivity index (χ0v) is 10.3. The third-order valence-corrected chi connectivity index (χ3v) is 2.70. The van der Waals surface area contributed by atoms with Gasteiger partial charge in [0.25, 0.3) is 0 Å². The first-order valence-electron chi connectivity index (χ1n) is 6.17. The van der Waals surface area contributed by atoms with Crippen LogP contribution in [0.5, 0.6) is 0 Å². The number of hydrogen-bond acceptors (Lipinski definition) is 3. The summed E-state index contributed by atoms with van der Waals surface area (Å²) in [6.45, 7) is 7.38. The Balaban J connectivity index is 1.98. The van der Waals surface area contributed by atoms with Crippen molar-refractivity contribution in [1.29, 1.82) is 0 Å². The van der Waals surface area contributed by atoms with Gasteiger partial charge in [-0.25, -0.2) is 4.79 Å². The molecule has 3 nitrogen and oxygen atoms in total. The third kappa shape index (κ3) is 4.79. The number of esters is 1. The molecule has 0 aromatic carbocycles. The second-order valence-electron chi connectivity index (χ2n) is 4.43. The molecule has 0 bridgehead atoms. The normalized spacial score (nSPS) is 22.9. The minimum absolute atomic E-state index is 0.130. The molecule has 92 valence electrons. The van der Waals surface area contributed by atoms with E-state index < -0.39 is 0 Å². The van der Waals surface area contributed by atoms with E-state index in [1.807, 2.05) is 0 Å². The highest BCUT2D eigenvalue weighted by molar-refractivity contribution is 5.87. The Kier molecular flexibility index (Phi) is 5.53. The number of epoxide rings is 1. The van der Waals surface area contributed by atoms with E-state index in [1.54, 1.807) is 6.92 Å². The average molecular weight is 226 g/mol. The highest BCUT2D eigenvalue weighted by Gasteiger charge is 2.41. The van der Waals surface area contributed by atoms with Crippen molar-refractivity contribution in [3.63, 3.8) is 0 Å². The van der Waals surface area contributed by atoms with Crippen molar-refractivity contribution in [2.24, 2.45) is 0 Å². The van der Waals surface area contributed by atoms with Gasteiger partial charge >= 0.3 is 5.97 Å². The van der Waals surface area contributed by atoms with Crippen LogP contribution in [0.2, 0.25) is 0 Å². The number of hydrogen-bond donors (Lipinski definition) is 0. The van der Waals surface area contributed by atoms with Gasteiger partial charge in [-0.15, -0.1) is 0 Å². The molecule has 1 saturated heterocycles. The number of ether oxygens (including phenoxy) is 2. The van der Waals surface area contributed by atoms with Crippen LogP contribution in [0.25, 0.3) is 0 Å². The first-order valence-corrected chi connectivity index (χ1v) is 6.17. The molecular formula is C13H22O3. The van der Waals surface area contributed by atoms with Gasteiger partial charge in [-0.3, -0.25) is 0 Å². The standard InChI is InChI=1S/C13H22O3/c1-4-5-6-7-8-9-11-13(15-11)16-12(14)10(2)3/h11,13H,2,4-9H2,1,3H3. The molecule has 0 aliphatic carbocycles. The fourth-order valence-corrected chi connectivity index (χ4v) is 1.59. The molecule has 0 spiro atoms. The quantitative estimate of drug-likeness (QED) is 0.276.